The van der Waals surface area contributed by atoms with E-state index in [9.17, 15) is 18.8 Å². The quantitative estimate of drug-likeness (QED) is 0.640. The van der Waals surface area contributed by atoms with Crippen molar-refractivity contribution in [3.8, 4) is 0 Å². The van der Waals surface area contributed by atoms with Gasteiger partial charge in [0.25, 0.3) is 0 Å². The summed E-state index contributed by atoms with van der Waals surface area (Å²) in [7, 11) is 0. The molecule has 4 amide bonds. The number of rotatable bonds is 6. The number of nitrogens with two attached hydrogens (primary N) is 1. The summed E-state index contributed by atoms with van der Waals surface area (Å²) in [6.07, 6.45) is 1.65. The second-order valence-corrected chi connectivity index (χ2v) is 7.38. The van der Waals surface area contributed by atoms with Gasteiger partial charge in [0.15, 0.2) is 0 Å². The highest BCUT2D eigenvalue weighted by atomic mass is 19.1. The van der Waals surface area contributed by atoms with Gasteiger partial charge in [0, 0.05) is 32.3 Å². The number of hydrogen-bond acceptors (Lipinski definition) is 4. The Kier molecular flexibility index (Phi) is 6.13. The van der Waals surface area contributed by atoms with Crippen molar-refractivity contribution in [1.29, 1.82) is 0 Å². The SMILES string of the molecule is NC(=O)NCC(=O)N1CC(Cc2ccccc2F)(C(=O)NC2CCOCC2)C1. The van der Waals surface area contributed by atoms with E-state index in [-0.39, 0.29) is 49.7 Å². The minimum absolute atomic E-state index is 0.0139. The van der Waals surface area contributed by atoms with Gasteiger partial charge in [-0.25, -0.2) is 9.18 Å². The van der Waals surface area contributed by atoms with Gasteiger partial charge < -0.3 is 26.0 Å². The van der Waals surface area contributed by atoms with Crippen molar-refractivity contribution in [1.82, 2.24) is 15.5 Å². The minimum atomic E-state index is -0.900. The first kappa shape index (κ1) is 20.1. The van der Waals surface area contributed by atoms with Gasteiger partial charge in [-0.1, -0.05) is 18.2 Å². The largest absolute Gasteiger partial charge is 0.381 e. The number of benzene rings is 1. The molecule has 152 valence electrons. The summed E-state index contributed by atoms with van der Waals surface area (Å²) in [5, 5.41) is 5.29. The molecule has 0 aromatic heterocycles. The van der Waals surface area contributed by atoms with Gasteiger partial charge in [-0.15, -0.1) is 0 Å². The smallest absolute Gasteiger partial charge is 0.312 e. The zero-order valence-electron chi connectivity index (χ0n) is 15.6. The molecule has 4 N–H and O–H groups in total. The third-order valence-electron chi connectivity index (χ3n) is 5.28. The molecule has 0 spiro atoms. The fourth-order valence-electron chi connectivity index (χ4n) is 3.66. The molecule has 2 aliphatic heterocycles. The molecule has 0 aliphatic carbocycles. The Hall–Kier alpha value is -2.68. The number of ether oxygens (including phenoxy) is 1. The number of carbonyl (C=O) groups excluding carboxylic acids is 3. The number of nitrogens with zero attached hydrogens (tertiary/aromatic N) is 1. The van der Waals surface area contributed by atoms with E-state index in [2.05, 4.69) is 10.6 Å². The Labute approximate surface area is 162 Å². The normalized spacial score (nSPS) is 18.8. The lowest BCUT2D eigenvalue weighted by atomic mass is 9.73. The predicted molar refractivity (Wildman–Crippen MR) is 98.7 cm³/mol. The maximum atomic E-state index is 14.2. The zero-order valence-corrected chi connectivity index (χ0v) is 15.6. The van der Waals surface area contributed by atoms with Crippen molar-refractivity contribution in [2.45, 2.75) is 25.3 Å². The lowest BCUT2D eigenvalue weighted by Crippen LogP contribution is -2.67. The first-order valence-corrected chi connectivity index (χ1v) is 9.33. The van der Waals surface area contributed by atoms with Crippen LogP contribution in [0.1, 0.15) is 18.4 Å². The van der Waals surface area contributed by atoms with Gasteiger partial charge in [0.2, 0.25) is 11.8 Å². The van der Waals surface area contributed by atoms with Crippen LogP contribution in [-0.4, -0.2) is 61.6 Å². The number of carbonyl (C=O) groups is 3. The number of hydrogen-bond donors (Lipinski definition) is 3. The summed E-state index contributed by atoms with van der Waals surface area (Å²) >= 11 is 0. The Balaban J connectivity index is 1.70. The third kappa shape index (κ3) is 4.59. The molecule has 2 fully saturated rings. The summed E-state index contributed by atoms with van der Waals surface area (Å²) in [6, 6.07) is 5.56. The van der Waals surface area contributed by atoms with Gasteiger partial charge in [0.1, 0.15) is 5.82 Å². The van der Waals surface area contributed by atoms with E-state index in [0.29, 0.717) is 18.8 Å². The highest BCUT2D eigenvalue weighted by Gasteiger charge is 2.51. The van der Waals surface area contributed by atoms with Crippen LogP contribution in [0.3, 0.4) is 0 Å². The van der Waals surface area contributed by atoms with Crippen molar-refractivity contribution < 1.29 is 23.5 Å². The van der Waals surface area contributed by atoms with E-state index in [1.165, 1.54) is 11.0 Å². The summed E-state index contributed by atoms with van der Waals surface area (Å²) in [4.78, 5) is 37.5. The molecular formula is C19H25FN4O4. The van der Waals surface area contributed by atoms with Crippen LogP contribution < -0.4 is 16.4 Å². The Morgan fingerprint density at radius 3 is 2.54 bits per heavy atom. The maximum Gasteiger partial charge on any atom is 0.312 e. The average Bonchev–Trinajstić information content (AvgIpc) is 2.64. The summed E-state index contributed by atoms with van der Waals surface area (Å²) in [5.41, 5.74) is 4.53. The molecule has 0 bridgehead atoms. The summed E-state index contributed by atoms with van der Waals surface area (Å²) in [6.45, 7) is 1.28. The molecule has 28 heavy (non-hydrogen) atoms. The molecule has 1 aromatic rings. The number of primary amides is 1. The summed E-state index contributed by atoms with van der Waals surface area (Å²) in [5.74, 6) is -0.891. The van der Waals surface area contributed by atoms with Gasteiger partial charge in [-0.2, -0.15) is 0 Å². The van der Waals surface area contributed by atoms with Crippen molar-refractivity contribution >= 4 is 17.8 Å². The maximum absolute atomic E-state index is 14.2. The molecule has 0 saturated carbocycles. The van der Waals surface area contributed by atoms with E-state index in [0.717, 1.165) is 12.8 Å². The molecule has 2 saturated heterocycles. The third-order valence-corrected chi connectivity index (χ3v) is 5.28. The van der Waals surface area contributed by atoms with Crippen LogP contribution in [0.4, 0.5) is 9.18 Å². The zero-order chi connectivity index (χ0) is 20.1. The molecule has 8 nitrogen and oxygen atoms in total. The molecule has 9 heteroatoms. The van der Waals surface area contributed by atoms with Crippen LogP contribution in [0.2, 0.25) is 0 Å². The fraction of sp³-hybridized carbons (Fsp3) is 0.526. The van der Waals surface area contributed by atoms with Crippen molar-refractivity contribution in [3.05, 3.63) is 35.6 Å². The van der Waals surface area contributed by atoms with Crippen molar-refractivity contribution in [3.63, 3.8) is 0 Å². The number of nitrogens with one attached hydrogen (secondary N) is 2. The molecular weight excluding hydrogens is 367 g/mol. The van der Waals surface area contributed by atoms with Gasteiger partial charge in [-0.3, -0.25) is 9.59 Å². The Bertz CT molecular complexity index is 745. The lowest BCUT2D eigenvalue weighted by Gasteiger charge is -2.49. The van der Waals surface area contributed by atoms with E-state index >= 15 is 0 Å². The van der Waals surface area contributed by atoms with Crippen LogP contribution in [0.25, 0.3) is 0 Å². The molecule has 1 aromatic carbocycles. The van der Waals surface area contributed by atoms with Crippen LogP contribution in [0.5, 0.6) is 0 Å². The minimum Gasteiger partial charge on any atom is -0.381 e. The first-order chi connectivity index (χ1) is 13.4. The fourth-order valence-corrected chi connectivity index (χ4v) is 3.66. The molecule has 2 aliphatic rings. The van der Waals surface area contributed by atoms with Crippen LogP contribution in [0, 0.1) is 11.2 Å². The molecule has 3 rings (SSSR count). The van der Waals surface area contributed by atoms with Crippen molar-refractivity contribution in [2.75, 3.05) is 32.8 Å². The number of urea groups is 1. The number of halogens is 1. The lowest BCUT2D eigenvalue weighted by molar-refractivity contribution is -0.153. The first-order valence-electron chi connectivity index (χ1n) is 9.33. The molecule has 0 unspecified atom stereocenters. The second-order valence-electron chi connectivity index (χ2n) is 7.38. The molecule has 0 atom stereocenters. The number of likely N-dealkylation sites (tertiary alicyclic amines) is 1. The van der Waals surface area contributed by atoms with Crippen LogP contribution in [0.15, 0.2) is 24.3 Å². The van der Waals surface area contributed by atoms with E-state index in [4.69, 9.17) is 10.5 Å². The van der Waals surface area contributed by atoms with Crippen molar-refractivity contribution in [2.24, 2.45) is 11.1 Å². The molecule has 2 heterocycles. The monoisotopic (exact) mass is 392 g/mol. The Morgan fingerprint density at radius 2 is 1.89 bits per heavy atom. The van der Waals surface area contributed by atoms with E-state index in [1.807, 2.05) is 0 Å². The van der Waals surface area contributed by atoms with Crippen LogP contribution >= 0.6 is 0 Å². The highest BCUT2D eigenvalue weighted by molar-refractivity contribution is 5.89. The topological polar surface area (TPSA) is 114 Å². The van der Waals surface area contributed by atoms with Crippen LogP contribution in [-0.2, 0) is 20.7 Å². The predicted octanol–water partition coefficient (Wildman–Crippen LogP) is 0.160. The molecule has 0 radical (unpaired) electrons. The second kappa shape index (κ2) is 8.55. The Morgan fingerprint density at radius 1 is 1.21 bits per heavy atom. The van der Waals surface area contributed by atoms with E-state index in [1.54, 1.807) is 18.2 Å². The highest BCUT2D eigenvalue weighted by Crippen LogP contribution is 2.35. The average molecular weight is 392 g/mol. The van der Waals surface area contributed by atoms with Gasteiger partial charge in [-0.05, 0) is 30.9 Å². The standard InChI is InChI=1S/C19H25FN4O4/c20-15-4-2-1-3-13(15)9-19(17(26)23-14-5-7-28-8-6-14)11-24(12-19)16(25)10-22-18(21)27/h1-4,14H,5-12H2,(H,23,26)(H3,21,22,27). The van der Waals surface area contributed by atoms with E-state index < -0.39 is 11.4 Å². The number of amides is 4. The van der Waals surface area contributed by atoms with Gasteiger partial charge >= 0.3 is 6.03 Å². The van der Waals surface area contributed by atoms with Gasteiger partial charge in [0.05, 0.1) is 12.0 Å². The summed E-state index contributed by atoms with van der Waals surface area (Å²) < 4.78 is 19.5.